The van der Waals surface area contributed by atoms with Gasteiger partial charge in [0.25, 0.3) is 0 Å². The molecule has 2 aromatic heterocycles. The highest BCUT2D eigenvalue weighted by atomic mass is 32.2. The standard InChI is InChI=1S/C26H23N5O3S2/c1-16-30-31-26(36-16)29-23(32)12-13-35-25-20(15-27)19(14-21(28-25)17-8-5-4-6-9-17)18-10-7-11-22(33-2)24(18)34-3/h4-11,14H,12-13H2,1-3H3,(H,29,31,32). The number of benzene rings is 2. The molecule has 0 saturated carbocycles. The molecule has 0 bridgehead atoms. The van der Waals surface area contributed by atoms with Crippen LogP contribution in [0.2, 0.25) is 0 Å². The van der Waals surface area contributed by atoms with Crippen molar-refractivity contribution in [2.24, 2.45) is 0 Å². The second kappa shape index (κ2) is 11.7. The third-order valence-corrected chi connectivity index (χ3v) is 6.93. The number of anilines is 1. The Balaban J connectivity index is 1.70. The van der Waals surface area contributed by atoms with Gasteiger partial charge in [0.15, 0.2) is 11.5 Å². The van der Waals surface area contributed by atoms with Crippen molar-refractivity contribution in [3.8, 4) is 40.0 Å². The van der Waals surface area contributed by atoms with E-state index in [9.17, 15) is 10.1 Å². The van der Waals surface area contributed by atoms with E-state index in [0.29, 0.717) is 44.2 Å². The maximum atomic E-state index is 12.4. The van der Waals surface area contributed by atoms with Crippen LogP contribution in [0.5, 0.6) is 11.5 Å². The number of methoxy groups -OCH3 is 2. The van der Waals surface area contributed by atoms with Crippen molar-refractivity contribution in [3.63, 3.8) is 0 Å². The Kier molecular flexibility index (Phi) is 8.15. The molecular formula is C26H23N5O3S2. The minimum atomic E-state index is -0.175. The van der Waals surface area contributed by atoms with Gasteiger partial charge in [0, 0.05) is 28.9 Å². The molecule has 2 aromatic carbocycles. The number of nitrogens with one attached hydrogen (secondary N) is 1. The number of carbonyl (C=O) groups is 1. The summed E-state index contributed by atoms with van der Waals surface area (Å²) < 4.78 is 11.1. The van der Waals surface area contributed by atoms with Crippen LogP contribution in [0.4, 0.5) is 5.13 Å². The average molecular weight is 518 g/mol. The summed E-state index contributed by atoms with van der Waals surface area (Å²) in [6.07, 6.45) is 0.225. The van der Waals surface area contributed by atoms with Crippen LogP contribution in [-0.4, -0.2) is 41.1 Å². The van der Waals surface area contributed by atoms with Crippen LogP contribution < -0.4 is 14.8 Å². The second-order valence-corrected chi connectivity index (χ2v) is 9.79. The molecule has 182 valence electrons. The van der Waals surface area contributed by atoms with Crippen LogP contribution in [0.15, 0.2) is 59.6 Å². The van der Waals surface area contributed by atoms with E-state index in [4.69, 9.17) is 14.5 Å². The molecular weight excluding hydrogens is 494 g/mol. The summed E-state index contributed by atoms with van der Waals surface area (Å²) in [7, 11) is 3.14. The highest BCUT2D eigenvalue weighted by Gasteiger charge is 2.20. The lowest BCUT2D eigenvalue weighted by Crippen LogP contribution is -2.12. The van der Waals surface area contributed by atoms with Gasteiger partial charge in [-0.3, -0.25) is 4.79 Å². The lowest BCUT2D eigenvalue weighted by molar-refractivity contribution is -0.115. The molecule has 0 aliphatic heterocycles. The SMILES string of the molecule is COc1cccc(-c2cc(-c3ccccc3)nc(SCCC(=O)Nc3nnc(C)s3)c2C#N)c1OC. The molecule has 0 aliphatic carbocycles. The molecule has 36 heavy (non-hydrogen) atoms. The number of hydrogen-bond donors (Lipinski definition) is 1. The predicted molar refractivity (Wildman–Crippen MR) is 142 cm³/mol. The molecule has 0 atom stereocenters. The van der Waals surface area contributed by atoms with Gasteiger partial charge in [0.2, 0.25) is 11.0 Å². The Morgan fingerprint density at radius 2 is 1.89 bits per heavy atom. The fourth-order valence-corrected chi connectivity index (χ4v) is 5.12. The van der Waals surface area contributed by atoms with Gasteiger partial charge in [0.1, 0.15) is 16.1 Å². The summed E-state index contributed by atoms with van der Waals surface area (Å²) >= 11 is 2.68. The maximum absolute atomic E-state index is 12.4. The molecule has 2 heterocycles. The number of aryl methyl sites for hydroxylation is 1. The molecule has 1 N–H and O–H groups in total. The number of pyridine rings is 1. The first kappa shape index (κ1) is 25.2. The Labute approximate surface area is 217 Å². The monoisotopic (exact) mass is 517 g/mol. The Morgan fingerprint density at radius 1 is 1.08 bits per heavy atom. The zero-order valence-electron chi connectivity index (χ0n) is 19.9. The number of thioether (sulfide) groups is 1. The van der Waals surface area contributed by atoms with E-state index in [1.54, 1.807) is 20.3 Å². The number of hydrogen-bond acceptors (Lipinski definition) is 9. The number of rotatable bonds is 9. The van der Waals surface area contributed by atoms with Gasteiger partial charge >= 0.3 is 0 Å². The quantitative estimate of drug-likeness (QED) is 0.286. The van der Waals surface area contributed by atoms with Gasteiger partial charge in [-0.25, -0.2) is 4.98 Å². The molecule has 0 aliphatic rings. The number of amides is 1. The van der Waals surface area contributed by atoms with Crippen molar-refractivity contribution < 1.29 is 14.3 Å². The van der Waals surface area contributed by atoms with Crippen LogP contribution >= 0.6 is 23.1 Å². The zero-order valence-corrected chi connectivity index (χ0v) is 21.6. The van der Waals surface area contributed by atoms with Crippen LogP contribution in [0, 0.1) is 18.3 Å². The second-order valence-electron chi connectivity index (χ2n) is 7.53. The minimum absolute atomic E-state index is 0.175. The fraction of sp³-hybridized carbons (Fsp3) is 0.192. The van der Waals surface area contributed by atoms with Crippen molar-refractivity contribution in [2.75, 3.05) is 25.3 Å². The number of ether oxygens (including phenoxy) is 2. The Hall–Kier alpha value is -3.94. The molecule has 4 rings (SSSR count). The average Bonchev–Trinajstić information content (AvgIpc) is 3.32. The normalized spacial score (nSPS) is 10.5. The maximum Gasteiger partial charge on any atom is 0.227 e. The van der Waals surface area contributed by atoms with Crippen LogP contribution in [0.25, 0.3) is 22.4 Å². The van der Waals surface area contributed by atoms with Crippen LogP contribution in [0.3, 0.4) is 0 Å². The summed E-state index contributed by atoms with van der Waals surface area (Å²) in [5.41, 5.74) is 3.44. The van der Waals surface area contributed by atoms with Gasteiger partial charge in [0.05, 0.1) is 25.5 Å². The first-order valence-electron chi connectivity index (χ1n) is 11.0. The molecule has 0 saturated heterocycles. The minimum Gasteiger partial charge on any atom is -0.493 e. The highest BCUT2D eigenvalue weighted by Crippen LogP contribution is 2.42. The van der Waals surface area contributed by atoms with E-state index in [1.165, 1.54) is 23.1 Å². The molecule has 0 unspecified atom stereocenters. The number of para-hydroxylation sites is 1. The molecule has 10 heteroatoms. The van der Waals surface area contributed by atoms with E-state index in [-0.39, 0.29) is 12.3 Å². The number of carbonyl (C=O) groups excluding carboxylic acids is 1. The third-order valence-electron chi connectivity index (χ3n) is 5.20. The van der Waals surface area contributed by atoms with Crippen molar-refractivity contribution in [1.82, 2.24) is 15.2 Å². The van der Waals surface area contributed by atoms with Gasteiger partial charge < -0.3 is 14.8 Å². The van der Waals surface area contributed by atoms with E-state index >= 15 is 0 Å². The van der Waals surface area contributed by atoms with E-state index in [0.717, 1.165) is 16.1 Å². The van der Waals surface area contributed by atoms with Gasteiger partial charge in [-0.15, -0.1) is 22.0 Å². The van der Waals surface area contributed by atoms with E-state index in [1.807, 2.05) is 55.5 Å². The van der Waals surface area contributed by atoms with Crippen molar-refractivity contribution in [1.29, 1.82) is 5.26 Å². The predicted octanol–water partition coefficient (Wildman–Crippen LogP) is 5.59. The zero-order chi connectivity index (χ0) is 25.5. The largest absolute Gasteiger partial charge is 0.493 e. The fourth-order valence-electron chi connectivity index (χ4n) is 3.57. The van der Waals surface area contributed by atoms with Crippen LogP contribution in [-0.2, 0) is 4.79 Å². The first-order chi connectivity index (χ1) is 17.5. The van der Waals surface area contributed by atoms with Gasteiger partial charge in [-0.05, 0) is 19.1 Å². The lowest BCUT2D eigenvalue weighted by Gasteiger charge is -2.16. The number of aromatic nitrogens is 3. The number of nitriles is 1. The van der Waals surface area contributed by atoms with Crippen molar-refractivity contribution in [2.45, 2.75) is 18.4 Å². The Bertz CT molecular complexity index is 1420. The summed E-state index contributed by atoms with van der Waals surface area (Å²) in [5, 5.41) is 22.5. The topological polar surface area (TPSA) is 110 Å². The summed E-state index contributed by atoms with van der Waals surface area (Å²) in [5.74, 6) is 1.35. The smallest absolute Gasteiger partial charge is 0.227 e. The molecule has 0 fully saturated rings. The number of nitrogens with zero attached hydrogens (tertiary/aromatic N) is 4. The summed E-state index contributed by atoms with van der Waals surface area (Å²) in [6.45, 7) is 1.83. The lowest BCUT2D eigenvalue weighted by atomic mass is 9.98. The van der Waals surface area contributed by atoms with Crippen molar-refractivity contribution >= 4 is 34.1 Å². The van der Waals surface area contributed by atoms with Crippen LogP contribution in [0.1, 0.15) is 17.0 Å². The summed E-state index contributed by atoms with van der Waals surface area (Å²) in [4.78, 5) is 17.2. The molecule has 0 radical (unpaired) electrons. The molecule has 0 spiro atoms. The molecule has 1 amide bonds. The summed E-state index contributed by atoms with van der Waals surface area (Å²) in [6, 6.07) is 19.5. The third kappa shape index (κ3) is 5.64. The van der Waals surface area contributed by atoms with Gasteiger partial charge in [-0.1, -0.05) is 53.8 Å². The molecule has 4 aromatic rings. The van der Waals surface area contributed by atoms with Gasteiger partial charge in [-0.2, -0.15) is 5.26 Å². The van der Waals surface area contributed by atoms with E-state index < -0.39 is 0 Å². The van der Waals surface area contributed by atoms with E-state index in [2.05, 4.69) is 21.6 Å². The highest BCUT2D eigenvalue weighted by molar-refractivity contribution is 7.99. The molecule has 8 nitrogen and oxygen atoms in total. The first-order valence-corrected chi connectivity index (χ1v) is 12.8. The van der Waals surface area contributed by atoms with Crippen molar-refractivity contribution in [3.05, 3.63) is 65.2 Å². The Morgan fingerprint density at radius 3 is 2.56 bits per heavy atom.